The highest BCUT2D eigenvalue weighted by atomic mass is 31.2. The van der Waals surface area contributed by atoms with Crippen LogP contribution in [0.4, 0.5) is 0 Å². The van der Waals surface area contributed by atoms with E-state index in [1.54, 1.807) is 0 Å². The zero-order chi connectivity index (χ0) is 70.4. The lowest BCUT2D eigenvalue weighted by Gasteiger charge is -2.21. The Kier molecular flexibility index (Phi) is 66.6. The van der Waals surface area contributed by atoms with Crippen molar-refractivity contribution in [3.8, 4) is 0 Å². The molecular formula is C77H134O17P2. The van der Waals surface area contributed by atoms with E-state index in [2.05, 4.69) is 107 Å². The number of carbonyl (C=O) groups excluding carboxylic acids is 4. The summed E-state index contributed by atoms with van der Waals surface area (Å²) < 4.78 is 68.2. The number of ether oxygens (including phenoxy) is 4. The highest BCUT2D eigenvalue weighted by Crippen LogP contribution is 2.45. The van der Waals surface area contributed by atoms with Crippen LogP contribution in [-0.2, 0) is 65.4 Å². The average molecular weight is 1390 g/mol. The van der Waals surface area contributed by atoms with E-state index in [0.717, 1.165) is 135 Å². The first kappa shape index (κ1) is 92.0. The van der Waals surface area contributed by atoms with Crippen molar-refractivity contribution < 1.29 is 80.2 Å². The van der Waals surface area contributed by atoms with Crippen LogP contribution in [0.5, 0.6) is 0 Å². The zero-order valence-corrected chi connectivity index (χ0v) is 62.1. The molecule has 0 saturated carbocycles. The molecule has 0 aliphatic carbocycles. The first-order valence-corrected chi connectivity index (χ1v) is 40.5. The lowest BCUT2D eigenvalue weighted by molar-refractivity contribution is -0.161. The van der Waals surface area contributed by atoms with Gasteiger partial charge >= 0.3 is 39.5 Å². The quantitative estimate of drug-likeness (QED) is 0.0169. The molecular weight excluding hydrogens is 1260 g/mol. The minimum absolute atomic E-state index is 0.0347. The molecule has 5 atom stereocenters. The summed E-state index contributed by atoms with van der Waals surface area (Å²) in [5.74, 6) is -2.28. The smallest absolute Gasteiger partial charge is 0.462 e. The van der Waals surface area contributed by atoms with Gasteiger partial charge in [-0.25, -0.2) is 9.13 Å². The first-order valence-electron chi connectivity index (χ1n) is 37.5. The van der Waals surface area contributed by atoms with Crippen LogP contribution in [0.3, 0.4) is 0 Å². The number of unbranched alkanes of at least 4 members (excludes halogenated alkanes) is 28. The number of carbonyl (C=O) groups is 4. The van der Waals surface area contributed by atoms with Gasteiger partial charge in [-0.2, -0.15) is 0 Å². The predicted octanol–water partition coefficient (Wildman–Crippen LogP) is 21.2. The number of aliphatic hydroxyl groups is 1. The molecule has 3 N–H and O–H groups in total. The highest BCUT2D eigenvalue weighted by molar-refractivity contribution is 7.47. The normalized spacial score (nSPS) is 14.5. The average Bonchev–Trinajstić information content (AvgIpc) is 1.15. The van der Waals surface area contributed by atoms with Gasteiger partial charge in [0.25, 0.3) is 0 Å². The van der Waals surface area contributed by atoms with Gasteiger partial charge < -0.3 is 33.8 Å². The molecule has 0 saturated heterocycles. The van der Waals surface area contributed by atoms with Crippen molar-refractivity contribution >= 4 is 39.5 Å². The molecule has 0 heterocycles. The molecule has 0 aliphatic heterocycles. The maximum absolute atomic E-state index is 13.0. The Morgan fingerprint density at radius 3 is 0.927 bits per heavy atom. The van der Waals surface area contributed by atoms with Crippen LogP contribution in [0.2, 0.25) is 0 Å². The van der Waals surface area contributed by atoms with Crippen molar-refractivity contribution in [3.63, 3.8) is 0 Å². The van der Waals surface area contributed by atoms with Crippen LogP contribution in [0.15, 0.2) is 97.2 Å². The molecule has 19 heteroatoms. The topological polar surface area (TPSA) is 237 Å². The van der Waals surface area contributed by atoms with E-state index >= 15 is 0 Å². The van der Waals surface area contributed by atoms with Gasteiger partial charge in [0.1, 0.15) is 19.3 Å². The SMILES string of the molecule is CC/C=C\C/C=C\C/C=C\C/C=C\C/C=C\C/C=C\CCC(=O)OCC(COP(=O)(O)OCC(O)COP(=O)(O)OCC(COC(=O)CCCCCCC/C=C\CCCCCCCC)OC(=O)CCCCCCCCCCCCC)OC(=O)CCCCCCC/C=C\CCCC. The lowest BCUT2D eigenvalue weighted by atomic mass is 10.1. The van der Waals surface area contributed by atoms with Crippen LogP contribution in [0, 0.1) is 0 Å². The molecule has 5 unspecified atom stereocenters. The summed E-state index contributed by atoms with van der Waals surface area (Å²) in [6.45, 7) is 4.61. The number of phosphoric ester groups is 2. The Balaban J connectivity index is 5.34. The Morgan fingerprint density at radius 1 is 0.302 bits per heavy atom. The standard InChI is InChI=1S/C77H134O17P2/c1-5-9-13-17-21-25-29-31-33-34-35-36-38-40-44-46-50-54-58-62-75(80)88-68-73(94-77(82)64-60-56-52-48-42-28-24-20-16-12-8-4)70-92-96(85,86)90-66-71(78)65-89-95(83,84)91-69-72(93-76(81)63-59-55-51-47-41-27-23-19-15-11-7-3)67-87-74(79)61-57-53-49-45-43-39-37-32-30-26-22-18-14-10-6-2/h9,13,20-21,24-25,31-33,35-37,40,44,50,54,71-73,78H,5-8,10-12,14-19,22-23,26-30,34,38-39,41-43,45-49,51-53,55-70H2,1-4H3,(H,83,84)(H,85,86)/b13-9-,24-20-,25-21-,33-31-,36-35-,37-32-,44-40-,54-50-. The Bertz CT molecular complexity index is 2200. The van der Waals surface area contributed by atoms with Gasteiger partial charge in [0, 0.05) is 25.7 Å². The summed E-state index contributed by atoms with van der Waals surface area (Å²) in [5.41, 5.74) is 0. The predicted molar refractivity (Wildman–Crippen MR) is 390 cm³/mol. The number of allylic oxidation sites excluding steroid dienone is 16. The van der Waals surface area contributed by atoms with Crippen LogP contribution in [-0.4, -0.2) is 96.7 Å². The van der Waals surface area contributed by atoms with Gasteiger partial charge in [-0.05, 0) is 109 Å². The Labute approximate surface area is 582 Å². The van der Waals surface area contributed by atoms with E-state index in [1.165, 1.54) is 89.9 Å². The Morgan fingerprint density at radius 2 is 0.573 bits per heavy atom. The van der Waals surface area contributed by atoms with Crippen molar-refractivity contribution in [3.05, 3.63) is 97.2 Å². The van der Waals surface area contributed by atoms with E-state index in [4.69, 9.17) is 37.0 Å². The second kappa shape index (κ2) is 69.5. The highest BCUT2D eigenvalue weighted by Gasteiger charge is 2.30. The van der Waals surface area contributed by atoms with Crippen LogP contribution in [0.25, 0.3) is 0 Å². The van der Waals surface area contributed by atoms with Crippen molar-refractivity contribution in [2.24, 2.45) is 0 Å². The maximum atomic E-state index is 13.0. The van der Waals surface area contributed by atoms with Crippen molar-refractivity contribution in [1.29, 1.82) is 0 Å². The van der Waals surface area contributed by atoms with Gasteiger partial charge in [0.2, 0.25) is 0 Å². The molecule has 0 aliphatic rings. The molecule has 0 rings (SSSR count). The van der Waals surface area contributed by atoms with E-state index in [0.29, 0.717) is 32.1 Å². The number of rotatable bonds is 70. The summed E-state index contributed by atoms with van der Waals surface area (Å²) in [6.07, 6.45) is 71.4. The third kappa shape index (κ3) is 68.5. The molecule has 0 spiro atoms. The molecule has 0 amide bonds. The maximum Gasteiger partial charge on any atom is 0.472 e. The van der Waals surface area contributed by atoms with Gasteiger partial charge in [0.05, 0.1) is 26.4 Å². The van der Waals surface area contributed by atoms with Gasteiger partial charge in [-0.1, -0.05) is 273 Å². The molecule has 0 aromatic rings. The number of phosphoric acid groups is 2. The van der Waals surface area contributed by atoms with Gasteiger partial charge in [-0.15, -0.1) is 0 Å². The van der Waals surface area contributed by atoms with Crippen LogP contribution < -0.4 is 0 Å². The molecule has 0 fully saturated rings. The summed E-state index contributed by atoms with van der Waals surface area (Å²) >= 11 is 0. The minimum Gasteiger partial charge on any atom is -0.462 e. The summed E-state index contributed by atoms with van der Waals surface area (Å²) in [7, 11) is -9.96. The third-order valence-corrected chi connectivity index (χ3v) is 17.4. The fourth-order valence-corrected chi connectivity index (χ4v) is 11.4. The zero-order valence-electron chi connectivity index (χ0n) is 60.3. The number of aliphatic hydroxyl groups excluding tert-OH is 1. The molecule has 0 aromatic carbocycles. The van der Waals surface area contributed by atoms with E-state index < -0.39 is 97.5 Å². The van der Waals surface area contributed by atoms with E-state index in [1.807, 2.05) is 18.2 Å². The van der Waals surface area contributed by atoms with Crippen molar-refractivity contribution in [2.45, 2.75) is 329 Å². The monoisotopic (exact) mass is 1390 g/mol. The van der Waals surface area contributed by atoms with Crippen LogP contribution in [0.1, 0.15) is 310 Å². The van der Waals surface area contributed by atoms with Crippen molar-refractivity contribution in [1.82, 2.24) is 0 Å². The first-order chi connectivity index (χ1) is 46.7. The third-order valence-electron chi connectivity index (χ3n) is 15.5. The van der Waals surface area contributed by atoms with Crippen LogP contribution >= 0.6 is 15.6 Å². The molecule has 0 radical (unpaired) electrons. The lowest BCUT2D eigenvalue weighted by Crippen LogP contribution is -2.30. The second-order valence-electron chi connectivity index (χ2n) is 24.9. The van der Waals surface area contributed by atoms with E-state index in [-0.39, 0.29) is 25.7 Å². The fraction of sp³-hybridized carbons (Fsp3) is 0.740. The van der Waals surface area contributed by atoms with Gasteiger partial charge in [-0.3, -0.25) is 37.3 Å². The molecule has 0 bridgehead atoms. The molecule has 96 heavy (non-hydrogen) atoms. The summed E-state index contributed by atoms with van der Waals surface area (Å²) in [4.78, 5) is 72.6. The minimum atomic E-state index is -4.99. The molecule has 17 nitrogen and oxygen atoms in total. The van der Waals surface area contributed by atoms with E-state index in [9.17, 15) is 43.2 Å². The largest absolute Gasteiger partial charge is 0.472 e. The summed E-state index contributed by atoms with van der Waals surface area (Å²) in [6, 6.07) is 0. The number of hydrogen-bond donors (Lipinski definition) is 3. The molecule has 0 aromatic heterocycles. The van der Waals surface area contributed by atoms with Crippen molar-refractivity contribution in [2.75, 3.05) is 39.6 Å². The molecule has 554 valence electrons. The number of hydrogen-bond acceptors (Lipinski definition) is 15. The number of esters is 4. The second-order valence-corrected chi connectivity index (χ2v) is 27.8. The summed E-state index contributed by atoms with van der Waals surface area (Å²) in [5, 5.41) is 10.6. The van der Waals surface area contributed by atoms with Gasteiger partial charge in [0.15, 0.2) is 12.2 Å². The fourth-order valence-electron chi connectivity index (χ4n) is 9.81. The Hall–Kier alpha value is -4.02.